The van der Waals surface area contributed by atoms with Crippen molar-refractivity contribution in [1.29, 1.82) is 0 Å². The number of hydrogen-bond acceptors (Lipinski definition) is 5. The van der Waals surface area contributed by atoms with E-state index in [-0.39, 0.29) is 23.3 Å². The first-order valence-corrected chi connectivity index (χ1v) is 6.42. The third-order valence-corrected chi connectivity index (χ3v) is 2.46. The van der Waals surface area contributed by atoms with Crippen LogP contribution in [-0.4, -0.2) is 22.0 Å². The molecule has 1 heterocycles. The molecule has 6 heteroatoms. The molecule has 0 bridgehead atoms. The van der Waals surface area contributed by atoms with Crippen LogP contribution in [0.1, 0.15) is 30.0 Å². The molecule has 5 nitrogen and oxygen atoms in total. The van der Waals surface area contributed by atoms with E-state index in [0.29, 0.717) is 5.69 Å². The zero-order valence-electron chi connectivity index (χ0n) is 12.0. The second-order valence-electron chi connectivity index (χ2n) is 4.69. The molecule has 0 N–H and O–H groups in total. The first kappa shape index (κ1) is 14.9. The van der Waals surface area contributed by atoms with E-state index in [0.717, 1.165) is 0 Å². The molecular weight excluding hydrogens is 275 g/mol. The maximum absolute atomic E-state index is 13.3. The van der Waals surface area contributed by atoms with Crippen LogP contribution in [0.25, 0.3) is 0 Å². The number of rotatable bonds is 4. The summed E-state index contributed by atoms with van der Waals surface area (Å²) in [6.45, 7) is 5.35. The molecule has 0 aliphatic heterocycles. The molecule has 0 atom stereocenters. The van der Waals surface area contributed by atoms with E-state index in [2.05, 4.69) is 9.97 Å². The predicted octanol–water partition coefficient (Wildman–Crippen LogP) is 2.93. The maximum Gasteiger partial charge on any atom is 0.364 e. The largest absolute Gasteiger partial charge is 0.487 e. The number of aryl methyl sites for hydroxylation is 1. The second kappa shape index (κ2) is 6.30. The Morgan fingerprint density at radius 1 is 1.19 bits per heavy atom. The van der Waals surface area contributed by atoms with Crippen molar-refractivity contribution in [3.05, 3.63) is 47.8 Å². The first-order chi connectivity index (χ1) is 9.95. The number of carbonyl (C=O) groups excluding carboxylic acids is 1. The Kier molecular flexibility index (Phi) is 4.47. The molecule has 21 heavy (non-hydrogen) atoms. The predicted molar refractivity (Wildman–Crippen MR) is 73.9 cm³/mol. The summed E-state index contributed by atoms with van der Waals surface area (Å²) >= 11 is 0. The van der Waals surface area contributed by atoms with E-state index in [9.17, 15) is 9.18 Å². The van der Waals surface area contributed by atoms with Gasteiger partial charge in [0.25, 0.3) is 0 Å². The smallest absolute Gasteiger partial charge is 0.364 e. The van der Waals surface area contributed by atoms with Crippen LogP contribution in [0.5, 0.6) is 11.5 Å². The minimum Gasteiger partial charge on any atom is -0.487 e. The summed E-state index contributed by atoms with van der Waals surface area (Å²) < 4.78 is 23.9. The van der Waals surface area contributed by atoms with E-state index in [1.165, 1.54) is 30.6 Å². The lowest BCUT2D eigenvalue weighted by atomic mass is 10.3. The van der Waals surface area contributed by atoms with Crippen LogP contribution in [0, 0.1) is 12.7 Å². The van der Waals surface area contributed by atoms with Crippen LogP contribution in [0.3, 0.4) is 0 Å². The average Bonchev–Trinajstić information content (AvgIpc) is 2.42. The van der Waals surface area contributed by atoms with Crippen molar-refractivity contribution in [1.82, 2.24) is 9.97 Å². The molecule has 0 amide bonds. The van der Waals surface area contributed by atoms with Gasteiger partial charge in [0.2, 0.25) is 0 Å². The second-order valence-corrected chi connectivity index (χ2v) is 4.69. The third-order valence-electron chi connectivity index (χ3n) is 2.46. The summed E-state index contributed by atoms with van der Waals surface area (Å²) in [7, 11) is 0. The Morgan fingerprint density at radius 3 is 2.57 bits per heavy atom. The Morgan fingerprint density at radius 2 is 1.95 bits per heavy atom. The first-order valence-electron chi connectivity index (χ1n) is 6.42. The number of nitrogens with zero attached hydrogens (tertiary/aromatic N) is 2. The summed E-state index contributed by atoms with van der Waals surface area (Å²) in [5, 5.41) is 0. The Balaban J connectivity index is 2.22. The molecule has 0 aliphatic carbocycles. The molecule has 0 saturated heterocycles. The zero-order valence-corrected chi connectivity index (χ0v) is 12.0. The van der Waals surface area contributed by atoms with Gasteiger partial charge in [0.05, 0.1) is 18.0 Å². The van der Waals surface area contributed by atoms with E-state index in [1.807, 2.05) is 0 Å². The molecule has 0 radical (unpaired) electrons. The van der Waals surface area contributed by atoms with Crippen LogP contribution < -0.4 is 9.47 Å². The van der Waals surface area contributed by atoms with Crippen molar-refractivity contribution < 1.29 is 18.7 Å². The molecule has 2 aromatic rings. The summed E-state index contributed by atoms with van der Waals surface area (Å²) in [5.74, 6) is -0.848. The highest BCUT2D eigenvalue weighted by Crippen LogP contribution is 2.29. The number of esters is 1. The lowest BCUT2D eigenvalue weighted by Gasteiger charge is -2.13. The highest BCUT2D eigenvalue weighted by atomic mass is 19.1. The number of benzene rings is 1. The van der Waals surface area contributed by atoms with Crippen LogP contribution in [0.15, 0.2) is 30.6 Å². The van der Waals surface area contributed by atoms with Gasteiger partial charge in [-0.3, -0.25) is 4.98 Å². The fourth-order valence-corrected chi connectivity index (χ4v) is 1.56. The Labute approximate surface area is 121 Å². The van der Waals surface area contributed by atoms with E-state index in [4.69, 9.17) is 9.47 Å². The standard InChI is InChI=1S/C15H15FN2O3/c1-9(2)20-14-6-11(16)4-5-13(14)21-15(19)12-8-17-10(3)7-18-12/h4-9H,1-3H3. The van der Waals surface area contributed by atoms with Crippen molar-refractivity contribution in [2.75, 3.05) is 0 Å². The number of aromatic nitrogens is 2. The van der Waals surface area contributed by atoms with Crippen molar-refractivity contribution in [2.45, 2.75) is 26.9 Å². The van der Waals surface area contributed by atoms with Crippen molar-refractivity contribution >= 4 is 5.97 Å². The van der Waals surface area contributed by atoms with Gasteiger partial charge in [0.15, 0.2) is 17.2 Å². The van der Waals surface area contributed by atoms with Crippen LogP contribution in [0.4, 0.5) is 4.39 Å². The third kappa shape index (κ3) is 3.98. The lowest BCUT2D eigenvalue weighted by Crippen LogP contribution is -2.13. The molecule has 0 aliphatic rings. The fourth-order valence-electron chi connectivity index (χ4n) is 1.56. The number of hydrogen-bond donors (Lipinski definition) is 0. The van der Waals surface area contributed by atoms with E-state index >= 15 is 0 Å². The molecular formula is C15H15FN2O3. The van der Waals surface area contributed by atoms with E-state index < -0.39 is 11.8 Å². The molecule has 1 aromatic heterocycles. The van der Waals surface area contributed by atoms with Gasteiger partial charge in [-0.1, -0.05) is 0 Å². The van der Waals surface area contributed by atoms with E-state index in [1.54, 1.807) is 20.8 Å². The molecule has 2 rings (SSSR count). The quantitative estimate of drug-likeness (QED) is 0.640. The number of halogens is 1. The van der Waals surface area contributed by atoms with Gasteiger partial charge in [-0.2, -0.15) is 0 Å². The summed E-state index contributed by atoms with van der Waals surface area (Å²) in [4.78, 5) is 19.9. The number of ether oxygens (including phenoxy) is 2. The highest BCUT2D eigenvalue weighted by Gasteiger charge is 2.15. The van der Waals surface area contributed by atoms with Gasteiger partial charge in [-0.25, -0.2) is 14.2 Å². The summed E-state index contributed by atoms with van der Waals surface area (Å²) in [6.07, 6.45) is 2.61. The van der Waals surface area contributed by atoms with Gasteiger partial charge in [0, 0.05) is 12.3 Å². The van der Waals surface area contributed by atoms with Crippen molar-refractivity contribution in [3.63, 3.8) is 0 Å². The maximum atomic E-state index is 13.3. The van der Waals surface area contributed by atoms with Crippen LogP contribution in [0.2, 0.25) is 0 Å². The number of carbonyl (C=O) groups is 1. The summed E-state index contributed by atoms with van der Waals surface area (Å²) in [5.41, 5.74) is 0.762. The highest BCUT2D eigenvalue weighted by molar-refractivity contribution is 5.88. The topological polar surface area (TPSA) is 61.3 Å². The van der Waals surface area contributed by atoms with Crippen molar-refractivity contribution in [3.8, 4) is 11.5 Å². The van der Waals surface area contributed by atoms with Crippen molar-refractivity contribution in [2.24, 2.45) is 0 Å². The van der Waals surface area contributed by atoms with Gasteiger partial charge in [-0.15, -0.1) is 0 Å². The summed E-state index contributed by atoms with van der Waals surface area (Å²) in [6, 6.07) is 3.70. The molecule has 110 valence electrons. The average molecular weight is 290 g/mol. The van der Waals surface area contributed by atoms with Gasteiger partial charge in [-0.05, 0) is 32.9 Å². The van der Waals surface area contributed by atoms with Crippen LogP contribution >= 0.6 is 0 Å². The Bertz CT molecular complexity index is 642. The minimum absolute atomic E-state index is 0.0698. The molecule has 0 saturated carbocycles. The fraction of sp³-hybridized carbons (Fsp3) is 0.267. The molecule has 0 fully saturated rings. The monoisotopic (exact) mass is 290 g/mol. The Hall–Kier alpha value is -2.50. The minimum atomic E-state index is -0.678. The molecule has 0 spiro atoms. The molecule has 0 unspecified atom stereocenters. The SMILES string of the molecule is Cc1cnc(C(=O)Oc2ccc(F)cc2OC(C)C)cn1. The van der Waals surface area contributed by atoms with Crippen LogP contribution in [-0.2, 0) is 0 Å². The van der Waals surface area contributed by atoms with Gasteiger partial charge >= 0.3 is 5.97 Å². The molecule has 1 aromatic carbocycles. The lowest BCUT2D eigenvalue weighted by molar-refractivity contribution is 0.0718. The van der Waals surface area contributed by atoms with Gasteiger partial charge in [0.1, 0.15) is 5.82 Å². The normalized spacial score (nSPS) is 10.5. The van der Waals surface area contributed by atoms with Gasteiger partial charge < -0.3 is 9.47 Å². The zero-order chi connectivity index (χ0) is 15.4.